The fraction of sp³-hybridized carbons (Fsp3) is 0.533. The van der Waals surface area contributed by atoms with Crippen LogP contribution in [0.2, 0.25) is 0 Å². The largest absolute Gasteiger partial charge is 0.497 e. The van der Waals surface area contributed by atoms with Gasteiger partial charge in [-0.25, -0.2) is 4.79 Å². The minimum atomic E-state index is -0.556. The van der Waals surface area contributed by atoms with Crippen molar-refractivity contribution in [2.45, 2.75) is 26.3 Å². The van der Waals surface area contributed by atoms with Crippen LogP contribution in [0.3, 0.4) is 0 Å². The van der Waals surface area contributed by atoms with Crippen LogP contribution in [-0.4, -0.2) is 33.3 Å². The van der Waals surface area contributed by atoms with Crippen LogP contribution in [0.1, 0.15) is 31.9 Å². The first-order valence-corrected chi connectivity index (χ1v) is 6.79. The highest BCUT2D eigenvalue weighted by molar-refractivity contribution is 5.79. The summed E-state index contributed by atoms with van der Waals surface area (Å²) in [6, 6.07) is 4.82. The number of benzene rings is 1. The Morgan fingerprint density at radius 1 is 1.25 bits per heavy atom. The van der Waals surface area contributed by atoms with E-state index in [1.165, 1.54) is 0 Å². The van der Waals surface area contributed by atoms with Crippen molar-refractivity contribution in [2.75, 3.05) is 27.4 Å². The van der Waals surface area contributed by atoms with Gasteiger partial charge in [-0.3, -0.25) is 0 Å². The normalized spacial score (nSPS) is 11.8. The van der Waals surface area contributed by atoms with Crippen LogP contribution < -0.4 is 14.8 Å². The summed E-state index contributed by atoms with van der Waals surface area (Å²) in [5, 5.41) is 3.19. The van der Waals surface area contributed by atoms with E-state index < -0.39 is 6.04 Å². The van der Waals surface area contributed by atoms with Gasteiger partial charge in [0, 0.05) is 5.56 Å². The van der Waals surface area contributed by atoms with Gasteiger partial charge in [-0.15, -0.1) is 0 Å². The molecule has 0 fully saturated rings. The number of carbonyl (C=O) groups excluding carboxylic acids is 1. The molecule has 1 atom stereocenters. The quantitative estimate of drug-likeness (QED) is 0.741. The Hall–Kier alpha value is -1.75. The maximum atomic E-state index is 12.1. The molecule has 0 bridgehead atoms. The van der Waals surface area contributed by atoms with Crippen LogP contribution in [0.25, 0.3) is 0 Å². The number of nitrogens with one attached hydrogen (secondary N) is 1. The van der Waals surface area contributed by atoms with E-state index in [1.54, 1.807) is 39.3 Å². The number of hydrogen-bond donors (Lipinski definition) is 1. The summed E-state index contributed by atoms with van der Waals surface area (Å²) >= 11 is 0. The molecule has 1 aromatic rings. The van der Waals surface area contributed by atoms with Crippen LogP contribution in [0.5, 0.6) is 11.5 Å². The van der Waals surface area contributed by atoms with Crippen LogP contribution in [-0.2, 0) is 9.53 Å². The average molecular weight is 281 g/mol. The summed E-state index contributed by atoms with van der Waals surface area (Å²) in [6.45, 7) is 4.88. The maximum absolute atomic E-state index is 12.1. The molecule has 0 aliphatic rings. The first kappa shape index (κ1) is 16.3. The molecule has 1 rings (SSSR count). The van der Waals surface area contributed by atoms with Gasteiger partial charge < -0.3 is 19.5 Å². The molecule has 1 N–H and O–H groups in total. The minimum absolute atomic E-state index is 0.312. The molecule has 5 nitrogen and oxygen atoms in total. The summed E-state index contributed by atoms with van der Waals surface area (Å²) in [5.41, 5.74) is 0.721. The highest BCUT2D eigenvalue weighted by atomic mass is 16.5. The summed E-state index contributed by atoms with van der Waals surface area (Å²) in [7, 11) is 3.16. The van der Waals surface area contributed by atoms with Crippen molar-refractivity contribution in [1.29, 1.82) is 0 Å². The highest BCUT2D eigenvalue weighted by Gasteiger charge is 2.25. The van der Waals surface area contributed by atoms with E-state index in [4.69, 9.17) is 14.2 Å². The minimum Gasteiger partial charge on any atom is -0.497 e. The van der Waals surface area contributed by atoms with Gasteiger partial charge in [-0.2, -0.15) is 0 Å². The molecule has 1 unspecified atom stereocenters. The van der Waals surface area contributed by atoms with E-state index in [0.29, 0.717) is 24.7 Å². The number of ether oxygens (including phenoxy) is 3. The zero-order chi connectivity index (χ0) is 15.0. The molecule has 0 amide bonds. The van der Waals surface area contributed by atoms with Gasteiger partial charge in [-0.1, -0.05) is 6.92 Å². The third-order valence-electron chi connectivity index (χ3n) is 2.87. The van der Waals surface area contributed by atoms with Gasteiger partial charge in [0.1, 0.15) is 17.5 Å². The third-order valence-corrected chi connectivity index (χ3v) is 2.87. The number of hydrogen-bond acceptors (Lipinski definition) is 5. The number of methoxy groups -OCH3 is 2. The van der Waals surface area contributed by atoms with Gasteiger partial charge in [0.05, 0.1) is 20.8 Å². The first-order valence-electron chi connectivity index (χ1n) is 6.79. The third kappa shape index (κ3) is 4.13. The van der Waals surface area contributed by atoms with E-state index in [1.807, 2.05) is 6.92 Å². The van der Waals surface area contributed by atoms with Gasteiger partial charge in [-0.05, 0) is 38.1 Å². The van der Waals surface area contributed by atoms with Crippen LogP contribution >= 0.6 is 0 Å². The van der Waals surface area contributed by atoms with Gasteiger partial charge in [0.15, 0.2) is 0 Å². The molecule has 0 saturated carbocycles. The molecule has 5 heteroatoms. The lowest BCUT2D eigenvalue weighted by Gasteiger charge is -2.20. The number of esters is 1. The van der Waals surface area contributed by atoms with E-state index in [2.05, 4.69) is 5.32 Å². The zero-order valence-corrected chi connectivity index (χ0v) is 12.6. The summed E-state index contributed by atoms with van der Waals surface area (Å²) in [6.07, 6.45) is 0.919. The lowest BCUT2D eigenvalue weighted by atomic mass is 10.0. The van der Waals surface area contributed by atoms with Gasteiger partial charge >= 0.3 is 5.97 Å². The molecule has 0 aromatic heterocycles. The fourth-order valence-corrected chi connectivity index (χ4v) is 1.90. The topological polar surface area (TPSA) is 56.8 Å². The molecule has 0 radical (unpaired) electrons. The second-order valence-electron chi connectivity index (χ2n) is 4.25. The van der Waals surface area contributed by atoms with E-state index >= 15 is 0 Å². The molecule has 0 saturated heterocycles. The number of rotatable bonds is 8. The van der Waals surface area contributed by atoms with Crippen LogP contribution in [0, 0.1) is 0 Å². The Labute approximate surface area is 120 Å². The Morgan fingerprint density at radius 3 is 2.55 bits per heavy atom. The first-order chi connectivity index (χ1) is 9.67. The maximum Gasteiger partial charge on any atom is 0.327 e. The van der Waals surface area contributed by atoms with Gasteiger partial charge in [0.25, 0.3) is 0 Å². The SMILES string of the molecule is CCCNC(C(=O)OCC)c1cc(OC)ccc1OC. The van der Waals surface area contributed by atoms with E-state index in [0.717, 1.165) is 12.0 Å². The fourth-order valence-electron chi connectivity index (χ4n) is 1.90. The Morgan fingerprint density at radius 2 is 2.00 bits per heavy atom. The molecule has 112 valence electrons. The number of carbonyl (C=O) groups is 1. The molecule has 1 aromatic carbocycles. The molecular formula is C15H23NO4. The Balaban J connectivity index is 3.12. The monoisotopic (exact) mass is 281 g/mol. The Kier molecular flexibility index (Phi) is 6.87. The predicted octanol–water partition coefficient (Wildman–Crippen LogP) is 2.31. The summed E-state index contributed by atoms with van der Waals surface area (Å²) in [4.78, 5) is 12.1. The molecule has 0 heterocycles. The second-order valence-corrected chi connectivity index (χ2v) is 4.25. The van der Waals surface area contributed by atoms with Crippen molar-refractivity contribution < 1.29 is 19.0 Å². The van der Waals surface area contributed by atoms with Crippen molar-refractivity contribution >= 4 is 5.97 Å². The molecule has 0 aliphatic heterocycles. The van der Waals surface area contributed by atoms with Crippen molar-refractivity contribution in [1.82, 2.24) is 5.32 Å². The molecule has 0 aliphatic carbocycles. The second kappa shape index (κ2) is 8.43. The lowest BCUT2D eigenvalue weighted by molar-refractivity contribution is -0.145. The summed E-state index contributed by atoms with van der Waals surface area (Å²) < 4.78 is 15.7. The molecule has 20 heavy (non-hydrogen) atoms. The highest BCUT2D eigenvalue weighted by Crippen LogP contribution is 2.30. The standard InChI is InChI=1S/C15H23NO4/c1-5-9-16-14(15(17)20-6-2)12-10-11(18-3)7-8-13(12)19-4/h7-8,10,14,16H,5-6,9H2,1-4H3. The molecule has 0 spiro atoms. The predicted molar refractivity (Wildman–Crippen MR) is 77.2 cm³/mol. The van der Waals surface area contributed by atoms with Crippen molar-refractivity contribution in [3.05, 3.63) is 23.8 Å². The van der Waals surface area contributed by atoms with Crippen molar-refractivity contribution in [3.8, 4) is 11.5 Å². The van der Waals surface area contributed by atoms with Crippen LogP contribution in [0.15, 0.2) is 18.2 Å². The van der Waals surface area contributed by atoms with E-state index in [9.17, 15) is 4.79 Å². The van der Waals surface area contributed by atoms with Crippen molar-refractivity contribution in [3.63, 3.8) is 0 Å². The van der Waals surface area contributed by atoms with Gasteiger partial charge in [0.2, 0.25) is 0 Å². The Bertz CT molecular complexity index is 434. The summed E-state index contributed by atoms with van der Waals surface area (Å²) in [5.74, 6) is 0.994. The smallest absolute Gasteiger partial charge is 0.327 e. The van der Waals surface area contributed by atoms with Crippen molar-refractivity contribution in [2.24, 2.45) is 0 Å². The lowest BCUT2D eigenvalue weighted by Crippen LogP contribution is -2.31. The van der Waals surface area contributed by atoms with E-state index in [-0.39, 0.29) is 5.97 Å². The van der Waals surface area contributed by atoms with Crippen LogP contribution in [0.4, 0.5) is 0 Å². The average Bonchev–Trinajstić information content (AvgIpc) is 2.47. The zero-order valence-electron chi connectivity index (χ0n) is 12.6. The molecular weight excluding hydrogens is 258 g/mol.